The van der Waals surface area contributed by atoms with Gasteiger partial charge in [0.2, 0.25) is 5.91 Å². The van der Waals surface area contributed by atoms with Crippen LogP contribution in [0.4, 0.5) is 0 Å². The largest absolute Gasteiger partial charge is 0.467 e. The zero-order valence-corrected chi connectivity index (χ0v) is 16.3. The fraction of sp³-hybridized carbons (Fsp3) is 0.200. The number of methoxy groups -OCH3 is 1. The lowest BCUT2D eigenvalue weighted by Gasteiger charge is -2.20. The second-order valence-electron chi connectivity index (χ2n) is 7.22. The lowest BCUT2D eigenvalue weighted by molar-refractivity contribution is -0.145. The lowest BCUT2D eigenvalue weighted by Crippen LogP contribution is -2.43. The number of carbonyl (C=O) groups is 2. The molecule has 0 unspecified atom stereocenters. The average molecular weight is 385 g/mol. The third kappa shape index (κ3) is 3.79. The molecule has 1 atom stereocenters. The first kappa shape index (κ1) is 18.9. The van der Waals surface area contributed by atoms with E-state index in [0.717, 1.165) is 27.8 Å². The molecule has 1 aliphatic rings. The number of benzene rings is 3. The van der Waals surface area contributed by atoms with Gasteiger partial charge in [-0.3, -0.25) is 4.79 Å². The van der Waals surface area contributed by atoms with E-state index < -0.39 is 17.9 Å². The van der Waals surface area contributed by atoms with Crippen molar-refractivity contribution in [1.82, 2.24) is 5.32 Å². The SMILES string of the molecule is COC(=O)[C@H](CCc1ccccc1)NC(=O)C1c2ccccc2-c2ccccc21. The van der Waals surface area contributed by atoms with Crippen molar-refractivity contribution in [2.24, 2.45) is 0 Å². The van der Waals surface area contributed by atoms with Gasteiger partial charge in [-0.05, 0) is 40.7 Å². The van der Waals surface area contributed by atoms with Crippen LogP contribution in [-0.4, -0.2) is 25.0 Å². The number of hydrogen-bond acceptors (Lipinski definition) is 3. The van der Waals surface area contributed by atoms with Gasteiger partial charge in [0.1, 0.15) is 6.04 Å². The third-order valence-corrected chi connectivity index (χ3v) is 5.46. The van der Waals surface area contributed by atoms with Gasteiger partial charge in [-0.1, -0.05) is 78.9 Å². The number of aryl methyl sites for hydroxylation is 1. The number of nitrogens with one attached hydrogen (secondary N) is 1. The zero-order chi connectivity index (χ0) is 20.2. The number of esters is 1. The van der Waals surface area contributed by atoms with E-state index in [9.17, 15) is 9.59 Å². The van der Waals surface area contributed by atoms with Crippen LogP contribution in [0, 0.1) is 0 Å². The molecule has 3 aromatic rings. The first-order chi connectivity index (χ1) is 14.2. The molecule has 3 aromatic carbocycles. The van der Waals surface area contributed by atoms with Crippen LogP contribution in [0.15, 0.2) is 78.9 Å². The maximum Gasteiger partial charge on any atom is 0.328 e. The summed E-state index contributed by atoms with van der Waals surface area (Å²) in [5.74, 6) is -1.02. The molecule has 0 bridgehead atoms. The molecular weight excluding hydrogens is 362 g/mol. The van der Waals surface area contributed by atoms with Gasteiger partial charge in [0, 0.05) is 0 Å². The van der Waals surface area contributed by atoms with Crippen LogP contribution < -0.4 is 5.32 Å². The molecule has 0 spiro atoms. The topological polar surface area (TPSA) is 55.4 Å². The second-order valence-corrected chi connectivity index (χ2v) is 7.22. The summed E-state index contributed by atoms with van der Waals surface area (Å²) in [5.41, 5.74) is 5.20. The van der Waals surface area contributed by atoms with Crippen molar-refractivity contribution in [3.8, 4) is 11.1 Å². The standard InChI is InChI=1S/C25H23NO3/c1-29-25(28)22(16-15-17-9-3-2-4-10-17)26-24(27)23-20-13-7-5-11-18(20)19-12-6-8-14-21(19)23/h2-14,22-23H,15-16H2,1H3,(H,26,27)/t22-/m0/s1. The maximum absolute atomic E-state index is 13.3. The number of fused-ring (bicyclic) bond motifs is 3. The number of rotatable bonds is 6. The van der Waals surface area contributed by atoms with E-state index in [0.29, 0.717) is 12.8 Å². The normalized spacial score (nSPS) is 13.3. The van der Waals surface area contributed by atoms with Crippen molar-refractivity contribution in [1.29, 1.82) is 0 Å². The molecule has 0 aliphatic heterocycles. The molecule has 4 rings (SSSR count). The van der Waals surface area contributed by atoms with Crippen LogP contribution in [0.25, 0.3) is 11.1 Å². The molecule has 0 fully saturated rings. The van der Waals surface area contributed by atoms with E-state index in [-0.39, 0.29) is 5.91 Å². The van der Waals surface area contributed by atoms with E-state index in [1.807, 2.05) is 78.9 Å². The highest BCUT2D eigenvalue weighted by Gasteiger charge is 2.35. The quantitative estimate of drug-likeness (QED) is 0.650. The van der Waals surface area contributed by atoms with Crippen LogP contribution in [0.2, 0.25) is 0 Å². The van der Waals surface area contributed by atoms with Crippen molar-refractivity contribution in [3.63, 3.8) is 0 Å². The second kappa shape index (κ2) is 8.31. The van der Waals surface area contributed by atoms with Crippen LogP contribution in [0.5, 0.6) is 0 Å². The van der Waals surface area contributed by atoms with Gasteiger partial charge in [0.15, 0.2) is 0 Å². The van der Waals surface area contributed by atoms with E-state index in [2.05, 4.69) is 5.32 Å². The summed E-state index contributed by atoms with van der Waals surface area (Å²) in [5, 5.41) is 2.95. The van der Waals surface area contributed by atoms with Gasteiger partial charge in [0.25, 0.3) is 0 Å². The van der Waals surface area contributed by atoms with Crippen LogP contribution >= 0.6 is 0 Å². The number of ether oxygens (including phenoxy) is 1. The summed E-state index contributed by atoms with van der Waals surface area (Å²) in [6, 6.07) is 25.1. The number of amides is 1. The Labute approximate surface area is 170 Å². The Balaban J connectivity index is 1.57. The van der Waals surface area contributed by atoms with Gasteiger partial charge in [-0.25, -0.2) is 4.79 Å². The van der Waals surface area contributed by atoms with Crippen LogP contribution in [-0.2, 0) is 20.7 Å². The molecule has 4 nitrogen and oxygen atoms in total. The third-order valence-electron chi connectivity index (χ3n) is 5.46. The molecule has 4 heteroatoms. The van der Waals surface area contributed by atoms with E-state index >= 15 is 0 Å². The molecule has 0 saturated carbocycles. The minimum Gasteiger partial charge on any atom is -0.467 e. The van der Waals surface area contributed by atoms with E-state index in [1.165, 1.54) is 7.11 Å². The highest BCUT2D eigenvalue weighted by molar-refractivity contribution is 5.97. The Morgan fingerprint density at radius 1 is 0.862 bits per heavy atom. The molecule has 1 N–H and O–H groups in total. The van der Waals surface area contributed by atoms with Gasteiger partial charge < -0.3 is 10.1 Å². The molecule has 0 heterocycles. The van der Waals surface area contributed by atoms with Crippen molar-refractivity contribution >= 4 is 11.9 Å². The molecule has 0 aromatic heterocycles. The Morgan fingerprint density at radius 3 is 2.00 bits per heavy atom. The summed E-state index contributed by atoms with van der Waals surface area (Å²) >= 11 is 0. The molecule has 1 amide bonds. The molecular formula is C25H23NO3. The van der Waals surface area contributed by atoms with Gasteiger partial charge in [0.05, 0.1) is 13.0 Å². The Hall–Kier alpha value is -3.40. The van der Waals surface area contributed by atoms with E-state index in [4.69, 9.17) is 4.74 Å². The Morgan fingerprint density at radius 2 is 1.41 bits per heavy atom. The summed E-state index contributed by atoms with van der Waals surface area (Å²) < 4.78 is 4.95. The first-order valence-electron chi connectivity index (χ1n) is 9.79. The monoisotopic (exact) mass is 385 g/mol. The lowest BCUT2D eigenvalue weighted by atomic mass is 9.95. The van der Waals surface area contributed by atoms with Gasteiger partial charge in [-0.2, -0.15) is 0 Å². The highest BCUT2D eigenvalue weighted by Crippen LogP contribution is 2.44. The number of carbonyl (C=O) groups excluding carboxylic acids is 2. The summed E-state index contributed by atoms with van der Waals surface area (Å²) in [6.45, 7) is 0. The van der Waals surface area contributed by atoms with Crippen molar-refractivity contribution in [3.05, 3.63) is 95.6 Å². The molecule has 29 heavy (non-hydrogen) atoms. The maximum atomic E-state index is 13.3. The molecule has 0 saturated heterocycles. The zero-order valence-electron chi connectivity index (χ0n) is 16.3. The smallest absolute Gasteiger partial charge is 0.328 e. The van der Waals surface area contributed by atoms with Gasteiger partial charge >= 0.3 is 5.97 Å². The molecule has 1 aliphatic carbocycles. The predicted molar refractivity (Wildman–Crippen MR) is 112 cm³/mol. The summed E-state index contributed by atoms with van der Waals surface area (Å²) in [7, 11) is 1.35. The average Bonchev–Trinajstić information content (AvgIpc) is 3.11. The first-order valence-corrected chi connectivity index (χ1v) is 9.79. The fourth-order valence-corrected chi connectivity index (χ4v) is 4.04. The predicted octanol–water partition coefficient (Wildman–Crippen LogP) is 4.09. The fourth-order valence-electron chi connectivity index (χ4n) is 4.04. The summed E-state index contributed by atoms with van der Waals surface area (Å²) in [4.78, 5) is 25.6. The van der Waals surface area contributed by atoms with Crippen LogP contribution in [0.1, 0.15) is 29.0 Å². The Bertz CT molecular complexity index is 984. The van der Waals surface area contributed by atoms with Crippen molar-refractivity contribution in [2.45, 2.75) is 24.8 Å². The van der Waals surface area contributed by atoms with E-state index in [1.54, 1.807) is 0 Å². The highest BCUT2D eigenvalue weighted by atomic mass is 16.5. The number of hydrogen-bond donors (Lipinski definition) is 1. The molecule has 0 radical (unpaired) electrons. The Kier molecular flexibility index (Phi) is 5.43. The van der Waals surface area contributed by atoms with Gasteiger partial charge in [-0.15, -0.1) is 0 Å². The minimum absolute atomic E-state index is 0.175. The van der Waals surface area contributed by atoms with Crippen molar-refractivity contribution in [2.75, 3.05) is 7.11 Å². The summed E-state index contributed by atoms with van der Waals surface area (Å²) in [6.07, 6.45) is 1.16. The minimum atomic E-state index is -0.687. The molecule has 146 valence electrons. The van der Waals surface area contributed by atoms with Crippen LogP contribution in [0.3, 0.4) is 0 Å². The van der Waals surface area contributed by atoms with Crippen molar-refractivity contribution < 1.29 is 14.3 Å².